The van der Waals surface area contributed by atoms with E-state index in [1.165, 1.54) is 19.3 Å². The molecule has 0 bridgehead atoms. The summed E-state index contributed by atoms with van der Waals surface area (Å²) in [6.45, 7) is 4.20. The van der Waals surface area contributed by atoms with Crippen LogP contribution in [0.2, 0.25) is 0 Å². The van der Waals surface area contributed by atoms with Gasteiger partial charge in [0.15, 0.2) is 0 Å². The van der Waals surface area contributed by atoms with E-state index in [1.807, 2.05) is 6.92 Å². The molecule has 0 radical (unpaired) electrons. The minimum absolute atomic E-state index is 0.0811. The van der Waals surface area contributed by atoms with Crippen molar-refractivity contribution in [2.75, 3.05) is 0 Å². The van der Waals surface area contributed by atoms with Crippen LogP contribution in [-0.4, -0.2) is 11.2 Å². The van der Waals surface area contributed by atoms with E-state index >= 15 is 0 Å². The summed E-state index contributed by atoms with van der Waals surface area (Å²) in [6, 6.07) is 0. The summed E-state index contributed by atoms with van der Waals surface area (Å²) in [5.41, 5.74) is 0. The summed E-state index contributed by atoms with van der Waals surface area (Å²) in [5.74, 6) is 0. The Morgan fingerprint density at radius 3 is 2.05 bits per heavy atom. The maximum atomic E-state index is 9.41. The maximum absolute atomic E-state index is 9.41. The van der Waals surface area contributed by atoms with Gasteiger partial charge in [0.25, 0.3) is 0 Å². The van der Waals surface area contributed by atoms with Gasteiger partial charge in [-0.05, 0) is 44.9 Å². The largest absolute Gasteiger partial charge is 0.393 e. The number of rotatable bonds is 12. The maximum Gasteiger partial charge on any atom is 0.0537 e. The Labute approximate surface area is 120 Å². The molecule has 1 N–H and O–H groups in total. The van der Waals surface area contributed by atoms with E-state index in [0.717, 1.165) is 38.5 Å². The van der Waals surface area contributed by atoms with Crippen LogP contribution in [0.15, 0.2) is 36.5 Å². The summed E-state index contributed by atoms with van der Waals surface area (Å²) in [6.07, 6.45) is 23.2. The highest BCUT2D eigenvalue weighted by molar-refractivity contribution is 4.96. The molecule has 0 fully saturated rings. The first-order valence-corrected chi connectivity index (χ1v) is 7.94. The van der Waals surface area contributed by atoms with Gasteiger partial charge in [0, 0.05) is 0 Å². The molecule has 1 nitrogen and oxygen atoms in total. The molecule has 0 amide bonds. The van der Waals surface area contributed by atoms with Crippen molar-refractivity contribution < 1.29 is 5.11 Å². The molecule has 0 heterocycles. The average molecular weight is 264 g/mol. The molecule has 0 rings (SSSR count). The topological polar surface area (TPSA) is 20.2 Å². The lowest BCUT2D eigenvalue weighted by molar-refractivity contribution is 0.156. The van der Waals surface area contributed by atoms with Crippen molar-refractivity contribution in [3.8, 4) is 0 Å². The molecule has 0 aromatic rings. The molecule has 0 aliphatic carbocycles. The van der Waals surface area contributed by atoms with Crippen LogP contribution >= 0.6 is 0 Å². The Bertz CT molecular complexity index is 250. The van der Waals surface area contributed by atoms with Crippen molar-refractivity contribution in [1.29, 1.82) is 0 Å². The van der Waals surface area contributed by atoms with Gasteiger partial charge in [-0.3, -0.25) is 0 Å². The highest BCUT2D eigenvalue weighted by atomic mass is 16.3. The van der Waals surface area contributed by atoms with Gasteiger partial charge >= 0.3 is 0 Å². The lowest BCUT2D eigenvalue weighted by Gasteiger charge is -2.05. The highest BCUT2D eigenvalue weighted by Crippen LogP contribution is 2.08. The number of aliphatic hydroxyl groups is 1. The molecule has 0 aromatic carbocycles. The van der Waals surface area contributed by atoms with Crippen LogP contribution in [0.1, 0.15) is 71.6 Å². The van der Waals surface area contributed by atoms with E-state index in [2.05, 4.69) is 43.4 Å². The molecule has 1 atom stereocenters. The quantitative estimate of drug-likeness (QED) is 0.361. The molecule has 0 aromatic heterocycles. The molecule has 19 heavy (non-hydrogen) atoms. The van der Waals surface area contributed by atoms with Gasteiger partial charge in [-0.2, -0.15) is 0 Å². The Morgan fingerprint density at radius 2 is 1.42 bits per heavy atom. The fourth-order valence-corrected chi connectivity index (χ4v) is 1.85. The second kappa shape index (κ2) is 15.2. The van der Waals surface area contributed by atoms with Crippen LogP contribution < -0.4 is 0 Å². The van der Waals surface area contributed by atoms with E-state index in [1.54, 1.807) is 0 Å². The van der Waals surface area contributed by atoms with Gasteiger partial charge in [0.05, 0.1) is 6.10 Å². The fourth-order valence-electron chi connectivity index (χ4n) is 1.85. The molecule has 1 heteroatoms. The summed E-state index contributed by atoms with van der Waals surface area (Å²) < 4.78 is 0. The van der Waals surface area contributed by atoms with Crippen molar-refractivity contribution in [3.05, 3.63) is 36.5 Å². The number of hydrogen-bond donors (Lipinski definition) is 1. The van der Waals surface area contributed by atoms with Crippen LogP contribution in [0.5, 0.6) is 0 Å². The molecular weight excluding hydrogens is 232 g/mol. The van der Waals surface area contributed by atoms with Crippen molar-refractivity contribution in [1.82, 2.24) is 0 Å². The number of allylic oxidation sites excluding steroid dienone is 6. The number of hydrogen-bond acceptors (Lipinski definition) is 1. The molecular formula is C18H32O. The monoisotopic (exact) mass is 264 g/mol. The van der Waals surface area contributed by atoms with Crippen LogP contribution in [0.25, 0.3) is 0 Å². The highest BCUT2D eigenvalue weighted by Gasteiger charge is 1.98. The Hall–Kier alpha value is -0.820. The van der Waals surface area contributed by atoms with E-state index < -0.39 is 0 Å². The van der Waals surface area contributed by atoms with E-state index in [-0.39, 0.29) is 6.10 Å². The molecule has 110 valence electrons. The normalized spacial score (nSPS) is 14.1. The van der Waals surface area contributed by atoms with Crippen molar-refractivity contribution in [3.63, 3.8) is 0 Å². The third-order valence-corrected chi connectivity index (χ3v) is 3.16. The number of unbranched alkanes of at least 4 members (excludes halogenated alkanes) is 3. The van der Waals surface area contributed by atoms with Gasteiger partial charge in [0.1, 0.15) is 0 Å². The summed E-state index contributed by atoms with van der Waals surface area (Å²) in [4.78, 5) is 0. The second-order valence-electron chi connectivity index (χ2n) is 4.99. The van der Waals surface area contributed by atoms with Crippen molar-refractivity contribution in [2.45, 2.75) is 77.7 Å². The minimum atomic E-state index is -0.0811. The summed E-state index contributed by atoms with van der Waals surface area (Å²) in [5, 5.41) is 9.41. The predicted molar refractivity (Wildman–Crippen MR) is 86.3 cm³/mol. The third kappa shape index (κ3) is 15.1. The fraction of sp³-hybridized carbons (Fsp3) is 0.667. The van der Waals surface area contributed by atoms with Crippen LogP contribution in [-0.2, 0) is 0 Å². The van der Waals surface area contributed by atoms with E-state index in [0.29, 0.717) is 0 Å². The smallest absolute Gasteiger partial charge is 0.0537 e. The standard InChI is InChI=1S/C18H32O/c1-3-5-6-7-8-9-10-11-12-13-14-15-16-17-18(19)4-2/h5-6,8-9,11-12,18-19H,3-4,7,10,13-17H2,1-2H3. The first-order chi connectivity index (χ1) is 9.31. The first kappa shape index (κ1) is 18.2. The molecule has 0 saturated heterocycles. The lowest BCUT2D eigenvalue weighted by atomic mass is 10.1. The van der Waals surface area contributed by atoms with Crippen LogP contribution in [0.3, 0.4) is 0 Å². The Morgan fingerprint density at radius 1 is 0.789 bits per heavy atom. The van der Waals surface area contributed by atoms with Crippen molar-refractivity contribution in [2.24, 2.45) is 0 Å². The van der Waals surface area contributed by atoms with Gasteiger partial charge in [-0.1, -0.05) is 63.1 Å². The van der Waals surface area contributed by atoms with Gasteiger partial charge in [-0.25, -0.2) is 0 Å². The second-order valence-corrected chi connectivity index (χ2v) is 4.99. The number of aliphatic hydroxyl groups excluding tert-OH is 1. The van der Waals surface area contributed by atoms with E-state index in [4.69, 9.17) is 0 Å². The first-order valence-electron chi connectivity index (χ1n) is 7.94. The lowest BCUT2D eigenvalue weighted by Crippen LogP contribution is -2.03. The zero-order valence-corrected chi connectivity index (χ0v) is 12.9. The Balaban J connectivity index is 3.28. The molecule has 0 spiro atoms. The summed E-state index contributed by atoms with van der Waals surface area (Å²) in [7, 11) is 0. The molecule has 0 aliphatic rings. The zero-order valence-electron chi connectivity index (χ0n) is 12.9. The SMILES string of the molecule is CCC=CCC=CCC=CCCCCCC(O)CC. The zero-order chi connectivity index (χ0) is 14.2. The van der Waals surface area contributed by atoms with Crippen LogP contribution in [0.4, 0.5) is 0 Å². The van der Waals surface area contributed by atoms with Gasteiger partial charge in [-0.15, -0.1) is 0 Å². The molecule has 0 saturated carbocycles. The predicted octanol–water partition coefficient (Wildman–Crippen LogP) is 5.57. The third-order valence-electron chi connectivity index (χ3n) is 3.16. The molecule has 1 unspecified atom stereocenters. The van der Waals surface area contributed by atoms with E-state index in [9.17, 15) is 5.11 Å². The van der Waals surface area contributed by atoms with Gasteiger partial charge < -0.3 is 5.11 Å². The minimum Gasteiger partial charge on any atom is -0.393 e. The summed E-state index contributed by atoms with van der Waals surface area (Å²) >= 11 is 0. The average Bonchev–Trinajstić information content (AvgIpc) is 2.43. The molecule has 0 aliphatic heterocycles. The van der Waals surface area contributed by atoms with Crippen LogP contribution in [0, 0.1) is 0 Å². The van der Waals surface area contributed by atoms with Crippen molar-refractivity contribution >= 4 is 0 Å². The Kier molecular flexibility index (Phi) is 14.6. The van der Waals surface area contributed by atoms with Gasteiger partial charge in [0.2, 0.25) is 0 Å².